The van der Waals surface area contributed by atoms with Crippen molar-refractivity contribution in [3.8, 4) is 5.88 Å². The van der Waals surface area contributed by atoms with Crippen molar-refractivity contribution in [2.75, 3.05) is 13.7 Å². The quantitative estimate of drug-likeness (QED) is 0.765. The molecule has 0 aliphatic carbocycles. The average Bonchev–Trinajstić information content (AvgIpc) is 2.29. The summed E-state index contributed by atoms with van der Waals surface area (Å²) >= 11 is 0. The summed E-state index contributed by atoms with van der Waals surface area (Å²) in [5, 5.41) is 3.30. The average molecular weight is 223 g/mol. The Hall–Kier alpha value is -1.16. The zero-order chi connectivity index (χ0) is 11.8. The van der Waals surface area contributed by atoms with E-state index in [1.54, 1.807) is 6.33 Å². The predicted molar refractivity (Wildman–Crippen MR) is 64.7 cm³/mol. The van der Waals surface area contributed by atoms with Crippen molar-refractivity contribution < 1.29 is 4.74 Å². The van der Waals surface area contributed by atoms with Crippen LogP contribution in [0.1, 0.15) is 32.4 Å². The fourth-order valence-corrected chi connectivity index (χ4v) is 1.66. The molecule has 0 radical (unpaired) electrons. The first kappa shape index (κ1) is 12.9. The van der Waals surface area contributed by atoms with E-state index in [9.17, 15) is 0 Å². The Morgan fingerprint density at radius 3 is 2.81 bits per heavy atom. The fourth-order valence-electron chi connectivity index (χ4n) is 1.66. The predicted octanol–water partition coefficient (Wildman–Crippen LogP) is 1.81. The molecule has 1 unspecified atom stereocenters. The van der Waals surface area contributed by atoms with Gasteiger partial charge < -0.3 is 10.1 Å². The molecule has 90 valence electrons. The maximum atomic E-state index is 5.35. The van der Waals surface area contributed by atoms with Crippen LogP contribution in [0, 0.1) is 0 Å². The number of hydrogen-bond donors (Lipinski definition) is 1. The minimum absolute atomic E-state index is 0.481. The van der Waals surface area contributed by atoms with E-state index < -0.39 is 0 Å². The van der Waals surface area contributed by atoms with Crippen molar-refractivity contribution in [3.63, 3.8) is 0 Å². The minimum Gasteiger partial charge on any atom is -0.478 e. The number of likely N-dealkylation sites (N-methyl/N-ethyl adjacent to an activating group) is 1. The van der Waals surface area contributed by atoms with Crippen molar-refractivity contribution in [1.82, 2.24) is 15.3 Å². The standard InChI is InChI=1S/C12H21N3O/c1-4-6-10(13-3)7-11-8-12(16-5-2)15-9-14-11/h8-10,13H,4-7H2,1-3H3. The number of nitrogens with one attached hydrogen (secondary N) is 1. The molecule has 0 aromatic carbocycles. The maximum absolute atomic E-state index is 5.35. The van der Waals surface area contributed by atoms with Crippen LogP contribution in [0.5, 0.6) is 5.88 Å². The molecule has 4 nitrogen and oxygen atoms in total. The first-order chi connectivity index (χ1) is 7.80. The van der Waals surface area contributed by atoms with Gasteiger partial charge in [0.05, 0.1) is 6.61 Å². The Labute approximate surface area is 97.5 Å². The molecule has 0 aliphatic heterocycles. The molecule has 0 spiro atoms. The highest BCUT2D eigenvalue weighted by atomic mass is 16.5. The van der Waals surface area contributed by atoms with Gasteiger partial charge in [0.2, 0.25) is 5.88 Å². The van der Waals surface area contributed by atoms with Crippen molar-refractivity contribution in [2.24, 2.45) is 0 Å². The lowest BCUT2D eigenvalue weighted by Gasteiger charge is -2.14. The van der Waals surface area contributed by atoms with Crippen LogP contribution in [0.4, 0.5) is 0 Å². The lowest BCUT2D eigenvalue weighted by Crippen LogP contribution is -2.27. The monoisotopic (exact) mass is 223 g/mol. The number of hydrogen-bond acceptors (Lipinski definition) is 4. The van der Waals surface area contributed by atoms with Gasteiger partial charge in [-0.1, -0.05) is 13.3 Å². The van der Waals surface area contributed by atoms with Crippen LogP contribution in [0.2, 0.25) is 0 Å². The van der Waals surface area contributed by atoms with E-state index in [0.717, 1.165) is 18.5 Å². The topological polar surface area (TPSA) is 47.0 Å². The van der Waals surface area contributed by atoms with E-state index in [4.69, 9.17) is 4.74 Å². The summed E-state index contributed by atoms with van der Waals surface area (Å²) in [5.74, 6) is 0.666. The molecule has 0 fully saturated rings. The van der Waals surface area contributed by atoms with Gasteiger partial charge in [0.15, 0.2) is 0 Å². The Kier molecular flexibility index (Phi) is 5.78. The van der Waals surface area contributed by atoms with Crippen molar-refractivity contribution in [2.45, 2.75) is 39.2 Å². The summed E-state index contributed by atoms with van der Waals surface area (Å²) in [6.07, 6.45) is 4.82. The molecule has 0 saturated heterocycles. The number of ether oxygens (including phenoxy) is 1. The van der Waals surface area contributed by atoms with Gasteiger partial charge >= 0.3 is 0 Å². The molecule has 4 heteroatoms. The van der Waals surface area contributed by atoms with E-state index >= 15 is 0 Å². The van der Waals surface area contributed by atoms with E-state index in [1.165, 1.54) is 6.42 Å². The summed E-state index contributed by atoms with van der Waals surface area (Å²) in [5.41, 5.74) is 1.03. The van der Waals surface area contributed by atoms with Gasteiger partial charge in [-0.05, 0) is 20.4 Å². The van der Waals surface area contributed by atoms with Gasteiger partial charge in [0.25, 0.3) is 0 Å². The highest BCUT2D eigenvalue weighted by Gasteiger charge is 2.08. The van der Waals surface area contributed by atoms with Gasteiger partial charge in [-0.3, -0.25) is 0 Å². The Bertz CT molecular complexity index is 304. The largest absolute Gasteiger partial charge is 0.478 e. The zero-order valence-corrected chi connectivity index (χ0v) is 10.4. The van der Waals surface area contributed by atoms with Crippen LogP contribution in [-0.2, 0) is 6.42 Å². The van der Waals surface area contributed by atoms with E-state index in [-0.39, 0.29) is 0 Å². The summed E-state index contributed by atoms with van der Waals surface area (Å²) in [6.45, 7) is 4.78. The van der Waals surface area contributed by atoms with Crippen LogP contribution < -0.4 is 10.1 Å². The summed E-state index contributed by atoms with van der Waals surface area (Å²) in [6, 6.07) is 2.40. The molecule has 1 atom stereocenters. The number of rotatable bonds is 7. The molecule has 1 aromatic heterocycles. The number of aromatic nitrogens is 2. The lowest BCUT2D eigenvalue weighted by atomic mass is 10.1. The smallest absolute Gasteiger partial charge is 0.216 e. The van der Waals surface area contributed by atoms with Gasteiger partial charge in [0, 0.05) is 24.2 Å². The van der Waals surface area contributed by atoms with Crippen LogP contribution in [0.25, 0.3) is 0 Å². The maximum Gasteiger partial charge on any atom is 0.216 e. The Balaban J connectivity index is 2.60. The molecule has 0 bridgehead atoms. The van der Waals surface area contributed by atoms with Gasteiger partial charge in [-0.15, -0.1) is 0 Å². The van der Waals surface area contributed by atoms with Crippen LogP contribution in [0.3, 0.4) is 0 Å². The van der Waals surface area contributed by atoms with Crippen LogP contribution in [-0.4, -0.2) is 29.7 Å². The zero-order valence-electron chi connectivity index (χ0n) is 10.4. The van der Waals surface area contributed by atoms with E-state index in [2.05, 4.69) is 22.2 Å². The molecule has 16 heavy (non-hydrogen) atoms. The normalized spacial score (nSPS) is 12.4. The number of nitrogens with zero attached hydrogens (tertiary/aromatic N) is 2. The van der Waals surface area contributed by atoms with Crippen molar-refractivity contribution >= 4 is 0 Å². The van der Waals surface area contributed by atoms with Crippen LogP contribution >= 0.6 is 0 Å². The summed E-state index contributed by atoms with van der Waals surface area (Å²) < 4.78 is 5.35. The van der Waals surface area contributed by atoms with Gasteiger partial charge in [-0.25, -0.2) is 9.97 Å². The molecule has 0 saturated carbocycles. The molecule has 1 rings (SSSR count). The first-order valence-electron chi connectivity index (χ1n) is 5.91. The second kappa shape index (κ2) is 7.17. The molecule has 1 aromatic rings. The SMILES string of the molecule is CCCC(Cc1cc(OCC)ncn1)NC. The highest BCUT2D eigenvalue weighted by Crippen LogP contribution is 2.10. The van der Waals surface area contributed by atoms with Crippen molar-refractivity contribution in [1.29, 1.82) is 0 Å². The Morgan fingerprint density at radius 2 is 2.19 bits per heavy atom. The third-order valence-corrected chi connectivity index (χ3v) is 2.49. The Morgan fingerprint density at radius 1 is 1.38 bits per heavy atom. The summed E-state index contributed by atoms with van der Waals surface area (Å²) in [7, 11) is 1.99. The first-order valence-corrected chi connectivity index (χ1v) is 5.91. The lowest BCUT2D eigenvalue weighted by molar-refractivity contribution is 0.325. The molecule has 0 amide bonds. The summed E-state index contributed by atoms with van der Waals surface area (Å²) in [4.78, 5) is 8.32. The third-order valence-electron chi connectivity index (χ3n) is 2.49. The van der Waals surface area contributed by atoms with E-state index in [1.807, 2.05) is 20.0 Å². The second-order valence-electron chi connectivity index (χ2n) is 3.76. The molecular weight excluding hydrogens is 202 g/mol. The van der Waals surface area contributed by atoms with Gasteiger partial charge in [0.1, 0.15) is 6.33 Å². The van der Waals surface area contributed by atoms with E-state index in [0.29, 0.717) is 18.5 Å². The third kappa shape index (κ3) is 4.14. The second-order valence-corrected chi connectivity index (χ2v) is 3.76. The van der Waals surface area contributed by atoms with Gasteiger partial charge in [-0.2, -0.15) is 0 Å². The minimum atomic E-state index is 0.481. The molecule has 1 N–H and O–H groups in total. The highest BCUT2D eigenvalue weighted by molar-refractivity contribution is 5.14. The molecule has 1 heterocycles. The van der Waals surface area contributed by atoms with Crippen LogP contribution in [0.15, 0.2) is 12.4 Å². The molecule has 0 aliphatic rings. The fraction of sp³-hybridized carbons (Fsp3) is 0.667. The van der Waals surface area contributed by atoms with Crippen molar-refractivity contribution in [3.05, 3.63) is 18.1 Å². The molecular formula is C12H21N3O.